The van der Waals surface area contributed by atoms with Gasteiger partial charge in [0, 0.05) is 24.8 Å². The molecule has 0 bridgehead atoms. The molecule has 1 unspecified atom stereocenters. The molecule has 1 heterocycles. The number of aryl methyl sites for hydroxylation is 1. The Morgan fingerprint density at radius 3 is 3.00 bits per heavy atom. The summed E-state index contributed by atoms with van der Waals surface area (Å²) >= 11 is 0. The maximum atomic E-state index is 11.1. The molecule has 2 N–H and O–H groups in total. The van der Waals surface area contributed by atoms with Gasteiger partial charge in [-0.2, -0.15) is 5.10 Å². The van der Waals surface area contributed by atoms with E-state index in [4.69, 9.17) is 10.5 Å². The van der Waals surface area contributed by atoms with Crippen LogP contribution >= 0.6 is 0 Å². The lowest BCUT2D eigenvalue weighted by molar-refractivity contribution is -0.143. The van der Waals surface area contributed by atoms with Crippen molar-refractivity contribution >= 4 is 5.97 Å². The fourth-order valence-electron chi connectivity index (χ4n) is 1.15. The van der Waals surface area contributed by atoms with Gasteiger partial charge in [-0.25, -0.2) is 0 Å². The Hall–Kier alpha value is -1.36. The predicted octanol–water partition coefficient (Wildman–Crippen LogP) is 0.373. The molecule has 5 heteroatoms. The first-order valence-electron chi connectivity index (χ1n) is 4.53. The van der Waals surface area contributed by atoms with Crippen LogP contribution in [-0.4, -0.2) is 22.4 Å². The van der Waals surface area contributed by atoms with Gasteiger partial charge >= 0.3 is 5.97 Å². The minimum Gasteiger partial charge on any atom is -0.466 e. The number of ether oxygens (including phenoxy) is 1. The molecule has 0 aromatic carbocycles. The van der Waals surface area contributed by atoms with E-state index in [9.17, 15) is 4.79 Å². The molecule has 5 nitrogen and oxygen atoms in total. The summed E-state index contributed by atoms with van der Waals surface area (Å²) in [6, 6.07) is -0.331. The fraction of sp³-hybridized carbons (Fsp3) is 0.556. The van der Waals surface area contributed by atoms with Crippen LogP contribution in [0.15, 0.2) is 12.4 Å². The Morgan fingerprint density at radius 2 is 2.50 bits per heavy atom. The molecule has 0 fully saturated rings. The smallest absolute Gasteiger partial charge is 0.307 e. The van der Waals surface area contributed by atoms with Crippen molar-refractivity contribution in [2.75, 3.05) is 6.61 Å². The molecule has 0 saturated carbocycles. The molecular weight excluding hydrogens is 182 g/mol. The van der Waals surface area contributed by atoms with Crippen LogP contribution in [0, 0.1) is 0 Å². The minimum absolute atomic E-state index is 0.194. The highest BCUT2D eigenvalue weighted by molar-refractivity contribution is 5.70. The SMILES string of the molecule is CCOC(=O)CC(N)c1cnn(C)c1. The van der Waals surface area contributed by atoms with Crippen molar-refractivity contribution < 1.29 is 9.53 Å². The molecule has 1 atom stereocenters. The van der Waals surface area contributed by atoms with Gasteiger partial charge in [-0.1, -0.05) is 0 Å². The van der Waals surface area contributed by atoms with E-state index in [-0.39, 0.29) is 18.4 Å². The molecule has 1 aromatic rings. The van der Waals surface area contributed by atoms with Crippen molar-refractivity contribution in [1.82, 2.24) is 9.78 Å². The summed E-state index contributed by atoms with van der Waals surface area (Å²) in [5, 5.41) is 3.98. The normalized spacial score (nSPS) is 12.5. The zero-order valence-corrected chi connectivity index (χ0v) is 8.43. The van der Waals surface area contributed by atoms with Crippen LogP contribution in [0.2, 0.25) is 0 Å². The average molecular weight is 197 g/mol. The quantitative estimate of drug-likeness (QED) is 0.708. The second-order valence-electron chi connectivity index (χ2n) is 3.06. The highest BCUT2D eigenvalue weighted by atomic mass is 16.5. The van der Waals surface area contributed by atoms with Crippen molar-refractivity contribution in [3.63, 3.8) is 0 Å². The highest BCUT2D eigenvalue weighted by Crippen LogP contribution is 2.12. The maximum absolute atomic E-state index is 11.1. The second kappa shape index (κ2) is 4.76. The van der Waals surface area contributed by atoms with E-state index < -0.39 is 0 Å². The number of esters is 1. The monoisotopic (exact) mass is 197 g/mol. The number of nitrogens with zero attached hydrogens (tertiary/aromatic N) is 2. The zero-order chi connectivity index (χ0) is 10.6. The van der Waals surface area contributed by atoms with E-state index in [1.165, 1.54) is 0 Å². The third kappa shape index (κ3) is 2.85. The van der Waals surface area contributed by atoms with Crippen LogP contribution in [-0.2, 0) is 16.6 Å². The first-order valence-corrected chi connectivity index (χ1v) is 4.53. The molecule has 0 aliphatic heterocycles. The maximum Gasteiger partial charge on any atom is 0.307 e. The Kier molecular flexibility index (Phi) is 3.64. The number of rotatable bonds is 4. The lowest BCUT2D eigenvalue weighted by atomic mass is 10.1. The van der Waals surface area contributed by atoms with Crippen molar-refractivity contribution in [2.24, 2.45) is 12.8 Å². The van der Waals surface area contributed by atoms with Crippen molar-refractivity contribution in [3.05, 3.63) is 18.0 Å². The summed E-state index contributed by atoms with van der Waals surface area (Å²) < 4.78 is 6.45. The molecule has 78 valence electrons. The van der Waals surface area contributed by atoms with Gasteiger partial charge in [-0.15, -0.1) is 0 Å². The van der Waals surface area contributed by atoms with Gasteiger partial charge in [0.1, 0.15) is 0 Å². The number of hydrogen-bond acceptors (Lipinski definition) is 4. The number of hydrogen-bond donors (Lipinski definition) is 1. The number of carbonyl (C=O) groups is 1. The van der Waals surface area contributed by atoms with Gasteiger partial charge in [0.05, 0.1) is 19.2 Å². The van der Waals surface area contributed by atoms with Crippen LogP contribution in [0.25, 0.3) is 0 Å². The van der Waals surface area contributed by atoms with Gasteiger partial charge in [0.25, 0.3) is 0 Å². The number of aromatic nitrogens is 2. The summed E-state index contributed by atoms with van der Waals surface area (Å²) in [7, 11) is 1.81. The fourth-order valence-corrected chi connectivity index (χ4v) is 1.15. The molecule has 14 heavy (non-hydrogen) atoms. The summed E-state index contributed by atoms with van der Waals surface area (Å²) in [5.74, 6) is -0.274. The van der Waals surface area contributed by atoms with Crippen LogP contribution in [0.1, 0.15) is 24.9 Å². The van der Waals surface area contributed by atoms with E-state index in [2.05, 4.69) is 5.10 Å². The minimum atomic E-state index is -0.331. The molecular formula is C9H15N3O2. The van der Waals surface area contributed by atoms with Crippen molar-refractivity contribution in [3.8, 4) is 0 Å². The van der Waals surface area contributed by atoms with Crippen LogP contribution in [0.3, 0.4) is 0 Å². The molecule has 0 amide bonds. The lowest BCUT2D eigenvalue weighted by Gasteiger charge is -2.07. The third-order valence-corrected chi connectivity index (χ3v) is 1.84. The summed E-state index contributed by atoms with van der Waals surface area (Å²) in [4.78, 5) is 11.1. The van der Waals surface area contributed by atoms with E-state index >= 15 is 0 Å². The van der Waals surface area contributed by atoms with E-state index in [1.807, 2.05) is 0 Å². The van der Waals surface area contributed by atoms with Crippen LogP contribution in [0.4, 0.5) is 0 Å². The first-order chi connectivity index (χ1) is 6.63. The van der Waals surface area contributed by atoms with Gasteiger partial charge in [-0.3, -0.25) is 9.48 Å². The van der Waals surface area contributed by atoms with Crippen molar-refractivity contribution in [2.45, 2.75) is 19.4 Å². The Balaban J connectivity index is 2.50. The average Bonchev–Trinajstić information content (AvgIpc) is 2.52. The Bertz CT molecular complexity index is 309. The highest BCUT2D eigenvalue weighted by Gasteiger charge is 2.13. The molecule has 0 saturated heterocycles. The molecule has 0 aliphatic carbocycles. The van der Waals surface area contributed by atoms with Crippen molar-refractivity contribution in [1.29, 1.82) is 0 Å². The Labute approximate surface area is 82.8 Å². The van der Waals surface area contributed by atoms with E-state index in [1.54, 1.807) is 31.0 Å². The van der Waals surface area contributed by atoms with Gasteiger partial charge in [0.15, 0.2) is 0 Å². The predicted molar refractivity (Wildman–Crippen MR) is 51.4 cm³/mol. The summed E-state index contributed by atoms with van der Waals surface area (Å²) in [6.07, 6.45) is 3.65. The molecule has 0 spiro atoms. The standard InChI is InChI=1S/C9H15N3O2/c1-3-14-9(13)4-8(10)7-5-11-12(2)6-7/h5-6,8H,3-4,10H2,1-2H3. The molecule has 1 aromatic heterocycles. The van der Waals surface area contributed by atoms with Gasteiger partial charge in [0.2, 0.25) is 0 Å². The summed E-state index contributed by atoms with van der Waals surface area (Å²) in [6.45, 7) is 2.16. The third-order valence-electron chi connectivity index (χ3n) is 1.84. The molecule has 1 rings (SSSR count). The second-order valence-corrected chi connectivity index (χ2v) is 3.06. The van der Waals surface area contributed by atoms with Crippen LogP contribution in [0.5, 0.6) is 0 Å². The van der Waals surface area contributed by atoms with Crippen LogP contribution < -0.4 is 5.73 Å². The summed E-state index contributed by atoms with van der Waals surface area (Å²) in [5.41, 5.74) is 6.63. The molecule has 0 aliphatic rings. The molecule has 0 radical (unpaired) electrons. The van der Waals surface area contributed by atoms with Gasteiger partial charge < -0.3 is 10.5 Å². The number of carbonyl (C=O) groups excluding carboxylic acids is 1. The van der Waals surface area contributed by atoms with Gasteiger partial charge in [-0.05, 0) is 6.92 Å². The van der Waals surface area contributed by atoms with E-state index in [0.29, 0.717) is 6.61 Å². The number of nitrogens with two attached hydrogens (primary N) is 1. The zero-order valence-electron chi connectivity index (χ0n) is 8.43. The topological polar surface area (TPSA) is 70.1 Å². The first kappa shape index (κ1) is 10.7. The van der Waals surface area contributed by atoms with E-state index in [0.717, 1.165) is 5.56 Å². The lowest BCUT2D eigenvalue weighted by Crippen LogP contribution is -2.16. The Morgan fingerprint density at radius 1 is 1.79 bits per heavy atom. The largest absolute Gasteiger partial charge is 0.466 e.